The SMILES string of the molecule is CC(C)(C(=O)c1c[nH]c2ccc(C#N)cc12)S(C)(=O)=O. The van der Waals surface area contributed by atoms with Gasteiger partial charge < -0.3 is 4.98 Å². The summed E-state index contributed by atoms with van der Waals surface area (Å²) >= 11 is 0. The van der Waals surface area contributed by atoms with Gasteiger partial charge in [0.25, 0.3) is 0 Å². The van der Waals surface area contributed by atoms with E-state index in [1.165, 1.54) is 20.0 Å². The van der Waals surface area contributed by atoms with Crippen LogP contribution in [0.15, 0.2) is 24.4 Å². The molecule has 1 heterocycles. The van der Waals surface area contributed by atoms with Crippen LogP contribution in [0.25, 0.3) is 10.9 Å². The molecule has 5 nitrogen and oxygen atoms in total. The van der Waals surface area contributed by atoms with Crippen LogP contribution in [0, 0.1) is 11.3 Å². The molecule has 1 aromatic heterocycles. The lowest BCUT2D eigenvalue weighted by Crippen LogP contribution is -2.39. The molecular weight excluding hydrogens is 276 g/mol. The smallest absolute Gasteiger partial charge is 0.185 e. The predicted octanol–water partition coefficient (Wildman–Crippen LogP) is 2.05. The van der Waals surface area contributed by atoms with E-state index in [0.717, 1.165) is 6.26 Å². The highest BCUT2D eigenvalue weighted by atomic mass is 32.2. The molecule has 2 rings (SSSR count). The Morgan fingerprint density at radius 3 is 2.55 bits per heavy atom. The lowest BCUT2D eigenvalue weighted by Gasteiger charge is -2.20. The van der Waals surface area contributed by atoms with Gasteiger partial charge in [0.2, 0.25) is 0 Å². The van der Waals surface area contributed by atoms with Crippen LogP contribution in [-0.4, -0.2) is 30.2 Å². The summed E-state index contributed by atoms with van der Waals surface area (Å²) in [6.45, 7) is 2.77. The number of nitrogens with zero attached hydrogens (tertiary/aromatic N) is 1. The lowest BCUT2D eigenvalue weighted by molar-refractivity contribution is 0.0956. The van der Waals surface area contributed by atoms with Gasteiger partial charge in [-0.25, -0.2) is 8.42 Å². The van der Waals surface area contributed by atoms with Crippen molar-refractivity contribution in [2.75, 3.05) is 6.26 Å². The van der Waals surface area contributed by atoms with E-state index in [1.807, 2.05) is 6.07 Å². The minimum absolute atomic E-state index is 0.285. The van der Waals surface area contributed by atoms with Gasteiger partial charge in [-0.1, -0.05) is 0 Å². The van der Waals surface area contributed by atoms with E-state index in [2.05, 4.69) is 4.98 Å². The number of fused-ring (bicyclic) bond motifs is 1. The molecule has 104 valence electrons. The zero-order valence-corrected chi connectivity index (χ0v) is 12.2. The van der Waals surface area contributed by atoms with Crippen LogP contribution in [0.3, 0.4) is 0 Å². The average molecular weight is 290 g/mol. The van der Waals surface area contributed by atoms with Crippen LogP contribution in [0.4, 0.5) is 0 Å². The molecule has 6 heteroatoms. The first-order chi connectivity index (χ1) is 9.18. The van der Waals surface area contributed by atoms with Crippen molar-refractivity contribution < 1.29 is 13.2 Å². The highest BCUT2D eigenvalue weighted by Gasteiger charge is 2.39. The average Bonchev–Trinajstić information content (AvgIpc) is 2.78. The molecule has 0 aliphatic heterocycles. The number of ketones is 1. The molecule has 0 atom stereocenters. The Bertz CT molecular complexity index is 839. The molecule has 0 bridgehead atoms. The third-order valence-electron chi connectivity index (χ3n) is 3.53. The number of carbonyl (C=O) groups excluding carboxylic acids is 1. The molecule has 0 unspecified atom stereocenters. The van der Waals surface area contributed by atoms with Gasteiger partial charge >= 0.3 is 0 Å². The molecule has 0 radical (unpaired) electrons. The van der Waals surface area contributed by atoms with E-state index in [-0.39, 0.29) is 5.56 Å². The standard InChI is InChI=1S/C14H14N2O3S/c1-14(2,20(3,18)19)13(17)11-8-16-12-5-4-9(7-15)6-10(11)12/h4-6,8,16H,1-3H3. The van der Waals surface area contributed by atoms with Gasteiger partial charge in [-0.3, -0.25) is 4.79 Å². The van der Waals surface area contributed by atoms with Crippen molar-refractivity contribution in [3.63, 3.8) is 0 Å². The van der Waals surface area contributed by atoms with Gasteiger partial charge in [0.15, 0.2) is 15.6 Å². The Morgan fingerprint density at radius 2 is 2.00 bits per heavy atom. The Labute approximate surface area is 117 Å². The van der Waals surface area contributed by atoms with E-state index in [4.69, 9.17) is 5.26 Å². The number of aromatic nitrogens is 1. The van der Waals surface area contributed by atoms with Crippen molar-refractivity contribution in [1.82, 2.24) is 4.98 Å². The summed E-state index contributed by atoms with van der Waals surface area (Å²) in [5.41, 5.74) is 1.40. The van der Waals surface area contributed by atoms with Gasteiger partial charge in [0.05, 0.1) is 11.6 Å². The monoisotopic (exact) mass is 290 g/mol. The van der Waals surface area contributed by atoms with E-state index in [9.17, 15) is 13.2 Å². The Balaban J connectivity index is 2.65. The van der Waals surface area contributed by atoms with Crippen molar-refractivity contribution in [2.24, 2.45) is 0 Å². The quantitative estimate of drug-likeness (QED) is 0.876. The molecule has 0 amide bonds. The Morgan fingerprint density at radius 1 is 1.35 bits per heavy atom. The second-order valence-corrected chi connectivity index (χ2v) is 7.75. The summed E-state index contributed by atoms with van der Waals surface area (Å²) in [7, 11) is -3.54. The summed E-state index contributed by atoms with van der Waals surface area (Å²) in [5.74, 6) is -0.485. The lowest BCUT2D eigenvalue weighted by atomic mass is 9.99. The van der Waals surface area contributed by atoms with Crippen molar-refractivity contribution in [3.05, 3.63) is 35.5 Å². The first-order valence-electron chi connectivity index (χ1n) is 5.94. The van der Waals surface area contributed by atoms with Crippen molar-refractivity contribution in [3.8, 4) is 6.07 Å². The largest absolute Gasteiger partial charge is 0.360 e. The number of rotatable bonds is 3. The molecular formula is C14H14N2O3S. The van der Waals surface area contributed by atoms with Crippen LogP contribution in [0.5, 0.6) is 0 Å². The molecule has 0 spiro atoms. The van der Waals surface area contributed by atoms with Crippen molar-refractivity contribution in [2.45, 2.75) is 18.6 Å². The molecule has 0 saturated carbocycles. The number of benzene rings is 1. The van der Waals surface area contributed by atoms with Crippen molar-refractivity contribution >= 4 is 26.5 Å². The number of H-pyrrole nitrogens is 1. The van der Waals surface area contributed by atoms with Gasteiger partial charge in [0.1, 0.15) is 4.75 Å². The third-order valence-corrected chi connectivity index (χ3v) is 5.57. The number of Topliss-reactive ketones (excluding diaryl/α,β-unsaturated/α-hetero) is 1. The summed E-state index contributed by atoms with van der Waals surface area (Å²) < 4.78 is 22.0. The first kappa shape index (κ1) is 14.3. The Kier molecular flexibility index (Phi) is 3.18. The molecule has 1 N–H and O–H groups in total. The fourth-order valence-electron chi connectivity index (χ4n) is 1.87. The Hall–Kier alpha value is -2.13. The van der Waals surface area contributed by atoms with Crippen molar-refractivity contribution in [1.29, 1.82) is 5.26 Å². The third kappa shape index (κ3) is 2.10. The number of sulfone groups is 1. The van der Waals surface area contributed by atoms with E-state index in [1.54, 1.807) is 18.2 Å². The summed E-state index contributed by atoms with van der Waals surface area (Å²) in [6, 6.07) is 6.91. The van der Waals surface area contributed by atoms with E-state index >= 15 is 0 Å². The van der Waals surface area contributed by atoms with Crippen LogP contribution >= 0.6 is 0 Å². The second-order valence-electron chi connectivity index (χ2n) is 5.19. The fourth-order valence-corrected chi connectivity index (χ4v) is 2.32. The summed E-state index contributed by atoms with van der Waals surface area (Å²) in [5, 5.41) is 9.47. The maximum atomic E-state index is 12.5. The minimum Gasteiger partial charge on any atom is -0.360 e. The van der Waals surface area contributed by atoms with Crippen LogP contribution in [0.1, 0.15) is 29.8 Å². The molecule has 20 heavy (non-hydrogen) atoms. The minimum atomic E-state index is -3.54. The number of carbonyl (C=O) groups is 1. The number of hydrogen-bond acceptors (Lipinski definition) is 4. The zero-order chi connectivity index (χ0) is 15.1. The van der Waals surface area contributed by atoms with Gasteiger partial charge in [-0.05, 0) is 32.0 Å². The van der Waals surface area contributed by atoms with Gasteiger partial charge in [0, 0.05) is 28.9 Å². The second kappa shape index (κ2) is 4.46. The zero-order valence-electron chi connectivity index (χ0n) is 11.4. The molecule has 0 saturated heterocycles. The molecule has 0 fully saturated rings. The number of aromatic amines is 1. The summed E-state index contributed by atoms with van der Waals surface area (Å²) in [6.07, 6.45) is 2.53. The normalized spacial score (nSPS) is 12.3. The first-order valence-corrected chi connectivity index (χ1v) is 7.83. The van der Waals surface area contributed by atoms with E-state index < -0.39 is 20.4 Å². The molecule has 0 aliphatic carbocycles. The molecule has 0 aliphatic rings. The maximum Gasteiger partial charge on any atom is 0.185 e. The van der Waals surface area contributed by atoms with Crippen LogP contribution < -0.4 is 0 Å². The number of hydrogen-bond donors (Lipinski definition) is 1. The number of nitrogens with one attached hydrogen (secondary N) is 1. The topological polar surface area (TPSA) is 90.8 Å². The predicted molar refractivity (Wildman–Crippen MR) is 76.3 cm³/mol. The highest BCUT2D eigenvalue weighted by Crippen LogP contribution is 2.27. The van der Waals surface area contributed by atoms with Gasteiger partial charge in [-0.2, -0.15) is 5.26 Å². The van der Waals surface area contributed by atoms with E-state index in [0.29, 0.717) is 16.5 Å². The fraction of sp³-hybridized carbons (Fsp3) is 0.286. The van der Waals surface area contributed by atoms with Crippen LogP contribution in [0.2, 0.25) is 0 Å². The summed E-state index contributed by atoms with van der Waals surface area (Å²) in [4.78, 5) is 15.4. The van der Waals surface area contributed by atoms with Crippen LogP contribution in [-0.2, 0) is 9.84 Å². The molecule has 1 aromatic carbocycles. The highest BCUT2D eigenvalue weighted by molar-refractivity contribution is 7.92. The van der Waals surface area contributed by atoms with Gasteiger partial charge in [-0.15, -0.1) is 0 Å². The molecule has 2 aromatic rings. The maximum absolute atomic E-state index is 12.5. The number of nitriles is 1.